The van der Waals surface area contributed by atoms with Crippen molar-refractivity contribution in [1.29, 1.82) is 0 Å². The Morgan fingerprint density at radius 1 is 1.29 bits per heavy atom. The van der Waals surface area contributed by atoms with E-state index in [1.54, 1.807) is 0 Å². The van der Waals surface area contributed by atoms with E-state index in [-0.39, 0.29) is 5.79 Å². The molecule has 0 aromatic carbocycles. The quantitative estimate of drug-likeness (QED) is 0.680. The van der Waals surface area contributed by atoms with Crippen molar-refractivity contribution in [3.63, 3.8) is 0 Å². The summed E-state index contributed by atoms with van der Waals surface area (Å²) in [6.07, 6.45) is 7.38. The van der Waals surface area contributed by atoms with Crippen LogP contribution in [0, 0.1) is 5.92 Å². The van der Waals surface area contributed by atoms with Gasteiger partial charge < -0.3 is 14.0 Å². The lowest BCUT2D eigenvalue weighted by atomic mass is 9.76. The van der Waals surface area contributed by atoms with Crippen LogP contribution in [0.2, 0.25) is 0 Å². The van der Waals surface area contributed by atoms with Crippen molar-refractivity contribution in [2.24, 2.45) is 5.92 Å². The zero-order valence-corrected chi connectivity index (χ0v) is 9.84. The summed E-state index contributed by atoms with van der Waals surface area (Å²) >= 11 is 0. The number of fused-ring (bicyclic) bond motifs is 3. The van der Waals surface area contributed by atoms with Gasteiger partial charge in [0, 0.05) is 25.3 Å². The molecule has 4 rings (SSSR count). The molecular formula is C12H17N3O2. The van der Waals surface area contributed by atoms with E-state index >= 15 is 0 Å². The lowest BCUT2D eigenvalue weighted by molar-refractivity contribution is -0.194. The molecule has 2 atom stereocenters. The molecule has 5 nitrogen and oxygen atoms in total. The molecule has 0 N–H and O–H groups in total. The monoisotopic (exact) mass is 235 g/mol. The zero-order valence-electron chi connectivity index (χ0n) is 9.84. The summed E-state index contributed by atoms with van der Waals surface area (Å²) in [6.45, 7) is 1.48. The third kappa shape index (κ3) is 1.45. The van der Waals surface area contributed by atoms with Crippen LogP contribution in [-0.4, -0.2) is 33.8 Å². The summed E-state index contributed by atoms with van der Waals surface area (Å²) in [7, 11) is 0. The standard InChI is InChI=1S/C12H17N3O2/c1-2-11-14-13-8-15(11)10-7-12(4-3-9(1)10)16-5-6-17-12/h8-10H,1-7H2. The minimum Gasteiger partial charge on any atom is -0.347 e. The first kappa shape index (κ1) is 10.0. The molecule has 1 saturated carbocycles. The second-order valence-corrected chi connectivity index (χ2v) is 5.37. The molecule has 2 fully saturated rings. The highest BCUT2D eigenvalue weighted by Crippen LogP contribution is 2.47. The molecule has 0 bridgehead atoms. The van der Waals surface area contributed by atoms with E-state index in [0.29, 0.717) is 6.04 Å². The van der Waals surface area contributed by atoms with Gasteiger partial charge in [0.2, 0.25) is 0 Å². The Labute approximate surface area is 100 Å². The minimum atomic E-state index is -0.306. The van der Waals surface area contributed by atoms with Crippen molar-refractivity contribution >= 4 is 0 Å². The van der Waals surface area contributed by atoms with Crippen LogP contribution in [-0.2, 0) is 15.9 Å². The van der Waals surface area contributed by atoms with Crippen LogP contribution in [0.3, 0.4) is 0 Å². The van der Waals surface area contributed by atoms with Crippen LogP contribution in [0.15, 0.2) is 6.33 Å². The van der Waals surface area contributed by atoms with Crippen molar-refractivity contribution in [3.8, 4) is 0 Å². The van der Waals surface area contributed by atoms with Gasteiger partial charge in [0.1, 0.15) is 12.2 Å². The predicted molar refractivity (Wildman–Crippen MR) is 59.4 cm³/mol. The molecule has 1 aliphatic carbocycles. The van der Waals surface area contributed by atoms with Gasteiger partial charge in [-0.2, -0.15) is 0 Å². The van der Waals surface area contributed by atoms with E-state index in [1.807, 2.05) is 6.33 Å². The van der Waals surface area contributed by atoms with Crippen molar-refractivity contribution in [2.45, 2.75) is 43.9 Å². The first-order valence-electron chi connectivity index (χ1n) is 6.53. The minimum absolute atomic E-state index is 0.306. The molecule has 3 aliphatic rings. The molecule has 1 saturated heterocycles. The lowest BCUT2D eigenvalue weighted by Crippen LogP contribution is -2.43. The third-order valence-electron chi connectivity index (χ3n) is 4.52. The van der Waals surface area contributed by atoms with Gasteiger partial charge in [0.25, 0.3) is 0 Å². The van der Waals surface area contributed by atoms with E-state index in [1.165, 1.54) is 12.8 Å². The summed E-state index contributed by atoms with van der Waals surface area (Å²) in [4.78, 5) is 0. The number of hydrogen-bond acceptors (Lipinski definition) is 4. The van der Waals surface area contributed by atoms with Gasteiger partial charge in [-0.05, 0) is 18.8 Å². The topological polar surface area (TPSA) is 49.2 Å². The summed E-state index contributed by atoms with van der Waals surface area (Å²) in [5.41, 5.74) is 0. The highest BCUT2D eigenvalue weighted by molar-refractivity contribution is 5.01. The van der Waals surface area contributed by atoms with Gasteiger partial charge >= 0.3 is 0 Å². The van der Waals surface area contributed by atoms with Gasteiger partial charge in [0.15, 0.2) is 5.79 Å². The number of nitrogens with zero attached hydrogens (tertiary/aromatic N) is 3. The predicted octanol–water partition coefficient (Wildman–Crippen LogP) is 1.31. The van der Waals surface area contributed by atoms with Crippen LogP contribution < -0.4 is 0 Å². The van der Waals surface area contributed by atoms with Gasteiger partial charge in [-0.1, -0.05) is 0 Å². The maximum atomic E-state index is 5.85. The molecule has 2 unspecified atom stereocenters. The highest BCUT2D eigenvalue weighted by Gasteiger charge is 2.47. The van der Waals surface area contributed by atoms with Gasteiger partial charge in [-0.15, -0.1) is 10.2 Å². The molecular weight excluding hydrogens is 218 g/mol. The molecule has 0 radical (unpaired) electrons. The summed E-state index contributed by atoms with van der Waals surface area (Å²) in [5, 5.41) is 8.24. The molecule has 1 aromatic heterocycles. The van der Waals surface area contributed by atoms with E-state index < -0.39 is 0 Å². The first-order valence-corrected chi connectivity index (χ1v) is 6.53. The summed E-state index contributed by atoms with van der Waals surface area (Å²) in [6, 6.07) is 0.473. The average Bonchev–Trinajstić information content (AvgIpc) is 2.98. The first-order chi connectivity index (χ1) is 8.36. The maximum Gasteiger partial charge on any atom is 0.170 e. The Kier molecular flexibility index (Phi) is 2.08. The second-order valence-electron chi connectivity index (χ2n) is 5.37. The highest BCUT2D eigenvalue weighted by atomic mass is 16.7. The van der Waals surface area contributed by atoms with Gasteiger partial charge in [-0.3, -0.25) is 0 Å². The molecule has 5 heteroatoms. The van der Waals surface area contributed by atoms with E-state index in [9.17, 15) is 0 Å². The van der Waals surface area contributed by atoms with E-state index in [0.717, 1.165) is 44.2 Å². The van der Waals surface area contributed by atoms with E-state index in [4.69, 9.17) is 9.47 Å². The van der Waals surface area contributed by atoms with Crippen molar-refractivity contribution in [3.05, 3.63) is 12.2 Å². The Bertz CT molecular complexity index is 425. The zero-order chi connectivity index (χ0) is 11.3. The Morgan fingerprint density at radius 2 is 2.18 bits per heavy atom. The fraction of sp³-hybridized carbons (Fsp3) is 0.833. The average molecular weight is 235 g/mol. The van der Waals surface area contributed by atoms with Crippen LogP contribution in [0.5, 0.6) is 0 Å². The van der Waals surface area contributed by atoms with Crippen LogP contribution in [0.1, 0.15) is 37.5 Å². The number of aromatic nitrogens is 3. The van der Waals surface area contributed by atoms with Crippen LogP contribution >= 0.6 is 0 Å². The number of hydrogen-bond donors (Lipinski definition) is 0. The molecule has 1 aromatic rings. The van der Waals surface area contributed by atoms with Gasteiger partial charge in [0.05, 0.1) is 13.2 Å². The lowest BCUT2D eigenvalue weighted by Gasteiger charge is -2.43. The van der Waals surface area contributed by atoms with Crippen LogP contribution in [0.4, 0.5) is 0 Å². The summed E-state index contributed by atoms with van der Waals surface area (Å²) in [5.74, 6) is 1.57. The maximum absolute atomic E-state index is 5.85. The largest absolute Gasteiger partial charge is 0.347 e. The fourth-order valence-corrected chi connectivity index (χ4v) is 3.64. The normalized spacial score (nSPS) is 34.6. The molecule has 0 amide bonds. The molecule has 92 valence electrons. The van der Waals surface area contributed by atoms with Crippen molar-refractivity contribution in [1.82, 2.24) is 14.8 Å². The Balaban J connectivity index is 1.66. The third-order valence-corrected chi connectivity index (χ3v) is 4.52. The number of rotatable bonds is 0. The van der Waals surface area contributed by atoms with Crippen LogP contribution in [0.25, 0.3) is 0 Å². The van der Waals surface area contributed by atoms with Crippen molar-refractivity contribution < 1.29 is 9.47 Å². The Hall–Kier alpha value is -0.940. The fourth-order valence-electron chi connectivity index (χ4n) is 3.64. The Morgan fingerprint density at radius 3 is 3.06 bits per heavy atom. The van der Waals surface area contributed by atoms with Crippen molar-refractivity contribution in [2.75, 3.05) is 13.2 Å². The second kappa shape index (κ2) is 3.53. The smallest absolute Gasteiger partial charge is 0.170 e. The molecule has 1 spiro atoms. The van der Waals surface area contributed by atoms with E-state index in [2.05, 4.69) is 14.8 Å². The molecule has 3 heterocycles. The number of aryl methyl sites for hydroxylation is 1. The SMILES string of the molecule is c1nnc2n1C1CC3(CCC1CC2)OCCO3. The van der Waals surface area contributed by atoms with Gasteiger partial charge in [-0.25, -0.2) is 0 Å². The molecule has 2 aliphatic heterocycles. The summed E-state index contributed by atoms with van der Waals surface area (Å²) < 4.78 is 13.9. The molecule has 17 heavy (non-hydrogen) atoms. The number of ether oxygens (including phenoxy) is 2.